The van der Waals surface area contributed by atoms with Crippen LogP contribution in [0, 0.1) is 0 Å². The van der Waals surface area contributed by atoms with Crippen molar-refractivity contribution < 1.29 is 19.2 Å². The van der Waals surface area contributed by atoms with Gasteiger partial charge in [-0.3, -0.25) is 0 Å². The van der Waals surface area contributed by atoms with Crippen molar-refractivity contribution in [2.75, 3.05) is 18.6 Å². The Kier molecular flexibility index (Phi) is 4.70. The second-order valence-corrected chi connectivity index (χ2v) is 5.71. The maximum Gasteiger partial charge on any atom is 0.521 e. The molecule has 2 amide bonds. The molecule has 0 spiro atoms. The summed E-state index contributed by atoms with van der Waals surface area (Å²) in [6.07, 6.45) is 2.43. The second kappa shape index (κ2) is 5.42. The van der Waals surface area contributed by atoms with Crippen LogP contribution in [0.25, 0.3) is 0 Å². The summed E-state index contributed by atoms with van der Waals surface area (Å²) in [5, 5.41) is 8.84. The van der Waals surface area contributed by atoms with E-state index in [-0.39, 0.29) is 11.9 Å². The molecule has 1 N–H and O–H groups in total. The van der Waals surface area contributed by atoms with Crippen LogP contribution in [0.1, 0.15) is 19.8 Å². The molecule has 16 heavy (non-hydrogen) atoms. The van der Waals surface area contributed by atoms with Gasteiger partial charge in [-0.2, -0.15) is 33.7 Å². The molecular formula is C10H18NO3S2+. The van der Waals surface area contributed by atoms with Crippen molar-refractivity contribution in [3.05, 3.63) is 0 Å². The molecule has 92 valence electrons. The Bertz CT molecular complexity index is 298. The molecule has 0 aliphatic carbocycles. The second-order valence-electron chi connectivity index (χ2n) is 4.18. The number of imide groups is 1. The van der Waals surface area contributed by atoms with Gasteiger partial charge in [-0.25, -0.2) is 4.79 Å². The molecule has 1 fully saturated rings. The summed E-state index contributed by atoms with van der Waals surface area (Å²) in [5.41, 5.74) is 0. The maximum atomic E-state index is 12.2. The van der Waals surface area contributed by atoms with Crippen molar-refractivity contribution in [3.8, 4) is 0 Å². The molecule has 1 heterocycles. The van der Waals surface area contributed by atoms with Crippen molar-refractivity contribution in [1.82, 2.24) is 0 Å². The van der Waals surface area contributed by atoms with E-state index in [4.69, 9.17) is 0 Å². The number of thiol groups is 1. The highest BCUT2D eigenvalue weighted by atomic mass is 32.2. The van der Waals surface area contributed by atoms with E-state index in [1.165, 1.54) is 11.8 Å². The van der Waals surface area contributed by atoms with E-state index in [9.17, 15) is 14.7 Å². The molecule has 0 bridgehead atoms. The van der Waals surface area contributed by atoms with Gasteiger partial charge in [0, 0.05) is 18.6 Å². The fourth-order valence-corrected chi connectivity index (χ4v) is 3.39. The normalized spacial score (nSPS) is 31.3. The minimum atomic E-state index is -1.03. The third-order valence-corrected chi connectivity index (χ3v) is 4.55. The lowest BCUT2D eigenvalue weighted by molar-refractivity contribution is -0.792. The summed E-state index contributed by atoms with van der Waals surface area (Å²) in [5.74, 6) is 0.289. The molecule has 1 aliphatic heterocycles. The van der Waals surface area contributed by atoms with Crippen molar-refractivity contribution in [2.24, 2.45) is 0 Å². The highest BCUT2D eigenvalue weighted by Gasteiger charge is 2.54. The van der Waals surface area contributed by atoms with E-state index in [1.54, 1.807) is 0 Å². The summed E-state index contributed by atoms with van der Waals surface area (Å²) in [6.45, 7) is 2.24. The van der Waals surface area contributed by atoms with Crippen molar-refractivity contribution in [2.45, 2.75) is 31.1 Å². The van der Waals surface area contributed by atoms with Crippen LogP contribution in [0.3, 0.4) is 0 Å². The van der Waals surface area contributed by atoms with Crippen LogP contribution < -0.4 is 0 Å². The quantitative estimate of drug-likeness (QED) is 0.603. The predicted molar refractivity (Wildman–Crippen MR) is 68.0 cm³/mol. The van der Waals surface area contributed by atoms with E-state index in [0.29, 0.717) is 12.3 Å². The first kappa shape index (κ1) is 13.9. The molecular weight excluding hydrogens is 246 g/mol. The van der Waals surface area contributed by atoms with Gasteiger partial charge in [-0.1, -0.05) is 0 Å². The lowest BCUT2D eigenvalue weighted by atomic mass is 10.2. The number of likely N-dealkylation sites (tertiary alicyclic amines) is 1. The molecule has 4 nitrogen and oxygen atoms in total. The topological polar surface area (TPSA) is 54.4 Å². The van der Waals surface area contributed by atoms with E-state index in [1.807, 2.05) is 13.2 Å². The minimum absolute atomic E-state index is 0.137. The van der Waals surface area contributed by atoms with E-state index >= 15 is 0 Å². The van der Waals surface area contributed by atoms with Crippen LogP contribution in [0.2, 0.25) is 0 Å². The molecule has 0 aromatic carbocycles. The molecule has 3 atom stereocenters. The Labute approximate surface area is 105 Å². The van der Waals surface area contributed by atoms with Crippen molar-refractivity contribution >= 4 is 36.4 Å². The van der Waals surface area contributed by atoms with Gasteiger partial charge in [0.15, 0.2) is 0 Å². The van der Waals surface area contributed by atoms with Gasteiger partial charge < -0.3 is 5.11 Å². The number of amides is 2. The van der Waals surface area contributed by atoms with Gasteiger partial charge in [-0.15, -0.1) is 0 Å². The Morgan fingerprint density at radius 1 is 1.62 bits per heavy atom. The predicted octanol–water partition coefficient (Wildman–Crippen LogP) is 1.85. The first-order valence-electron chi connectivity index (χ1n) is 5.29. The standard InChI is InChI=1S/C10H17NO3S2/c1-7-4-3-5-11(7,10(13)14)9(12)8(15)6-16-2/h7-8H,3-6H2,1-2H3,(H-,13,14,15)/p+1/t7-,8?,11?/m1/s1. The van der Waals surface area contributed by atoms with Crippen LogP contribution in [0.4, 0.5) is 4.79 Å². The average molecular weight is 264 g/mol. The number of rotatable bonds is 3. The first-order chi connectivity index (χ1) is 7.46. The summed E-state index contributed by atoms with van der Waals surface area (Å²) < 4.78 is -0.436. The molecule has 1 aliphatic rings. The Morgan fingerprint density at radius 2 is 2.25 bits per heavy atom. The third-order valence-electron chi connectivity index (χ3n) is 3.23. The summed E-state index contributed by atoms with van der Waals surface area (Å²) in [7, 11) is 0. The molecule has 2 unspecified atom stereocenters. The lowest BCUT2D eigenvalue weighted by Crippen LogP contribution is -2.61. The largest absolute Gasteiger partial charge is 0.521 e. The van der Waals surface area contributed by atoms with Crippen molar-refractivity contribution in [1.29, 1.82) is 0 Å². The Balaban J connectivity index is 2.94. The minimum Gasteiger partial charge on any atom is -0.435 e. The highest BCUT2D eigenvalue weighted by molar-refractivity contribution is 7.99. The van der Waals surface area contributed by atoms with Gasteiger partial charge in [-0.05, 0) is 13.2 Å². The smallest absolute Gasteiger partial charge is 0.435 e. The van der Waals surface area contributed by atoms with E-state index in [0.717, 1.165) is 12.8 Å². The van der Waals surface area contributed by atoms with Crippen LogP contribution >= 0.6 is 24.4 Å². The van der Waals surface area contributed by atoms with Crippen LogP contribution in [0.5, 0.6) is 0 Å². The fourth-order valence-electron chi connectivity index (χ4n) is 2.28. The molecule has 6 heteroatoms. The zero-order valence-electron chi connectivity index (χ0n) is 9.55. The van der Waals surface area contributed by atoms with E-state index < -0.39 is 15.8 Å². The van der Waals surface area contributed by atoms with E-state index in [2.05, 4.69) is 12.6 Å². The molecule has 0 saturated carbocycles. The molecule has 1 saturated heterocycles. The summed E-state index contributed by atoms with van der Waals surface area (Å²) in [4.78, 5) is 23.6. The zero-order chi connectivity index (χ0) is 12.3. The van der Waals surface area contributed by atoms with Crippen molar-refractivity contribution in [3.63, 3.8) is 0 Å². The van der Waals surface area contributed by atoms with Gasteiger partial charge >= 0.3 is 12.0 Å². The molecule has 1 rings (SSSR count). The summed E-state index contributed by atoms with van der Waals surface area (Å²) >= 11 is 5.73. The number of hydrogen-bond acceptors (Lipinski definition) is 4. The number of carbonyl (C=O) groups excluding carboxylic acids is 1. The number of carbonyl (C=O) groups is 2. The first-order valence-corrected chi connectivity index (χ1v) is 7.20. The van der Waals surface area contributed by atoms with Gasteiger partial charge in [0.2, 0.25) is 0 Å². The van der Waals surface area contributed by atoms with Gasteiger partial charge in [0.05, 0.1) is 6.54 Å². The number of hydrogen-bond donors (Lipinski definition) is 2. The number of carboxylic acid groups (broad SMARTS) is 1. The van der Waals surface area contributed by atoms with Gasteiger partial charge in [0.25, 0.3) is 0 Å². The van der Waals surface area contributed by atoms with Gasteiger partial charge in [0.1, 0.15) is 11.3 Å². The highest BCUT2D eigenvalue weighted by Crippen LogP contribution is 2.30. The van der Waals surface area contributed by atoms with Crippen LogP contribution in [-0.2, 0) is 4.79 Å². The fraction of sp³-hybridized carbons (Fsp3) is 0.800. The number of quaternary nitrogens is 1. The number of nitrogens with zero attached hydrogens (tertiary/aromatic N) is 1. The molecule has 0 aromatic rings. The average Bonchev–Trinajstić information content (AvgIpc) is 2.60. The number of thioether (sulfide) groups is 1. The molecule has 0 aromatic heterocycles. The zero-order valence-corrected chi connectivity index (χ0v) is 11.3. The van der Waals surface area contributed by atoms with Crippen LogP contribution in [0.15, 0.2) is 0 Å². The Morgan fingerprint density at radius 3 is 2.62 bits per heavy atom. The lowest BCUT2D eigenvalue weighted by Gasteiger charge is -2.31. The Hall–Kier alpha value is -0.200. The molecule has 0 radical (unpaired) electrons. The summed E-state index contributed by atoms with van der Waals surface area (Å²) in [6, 6.07) is -0.137. The maximum absolute atomic E-state index is 12.2. The van der Waals surface area contributed by atoms with Crippen LogP contribution in [-0.4, -0.2) is 51.4 Å². The SMILES string of the molecule is CSCC(S)C(=O)[N+]1(C(=O)O)CCC[C@H]1C. The third kappa shape index (κ3) is 2.24. The monoisotopic (exact) mass is 264 g/mol.